The second-order valence-electron chi connectivity index (χ2n) is 4.05. The number of hydrogen-bond acceptors (Lipinski definition) is 2. The van der Waals surface area contributed by atoms with Gasteiger partial charge in [-0.2, -0.15) is 0 Å². The van der Waals surface area contributed by atoms with Gasteiger partial charge in [-0.1, -0.05) is 6.08 Å². The van der Waals surface area contributed by atoms with Crippen LogP contribution < -0.4 is 5.32 Å². The van der Waals surface area contributed by atoms with Gasteiger partial charge in [-0.15, -0.1) is 6.58 Å². The number of rotatable bonds is 5. The van der Waals surface area contributed by atoms with Gasteiger partial charge in [-0.25, -0.2) is 0 Å². The van der Waals surface area contributed by atoms with Gasteiger partial charge in [-0.3, -0.25) is 0 Å². The Labute approximate surface area is 82.0 Å². The predicted molar refractivity (Wildman–Crippen MR) is 57.9 cm³/mol. The molecule has 0 radical (unpaired) electrons. The zero-order chi connectivity index (χ0) is 9.52. The smallest absolute Gasteiger partial charge is 0.00189 e. The normalized spacial score (nSPS) is 23.4. The molecule has 0 aromatic rings. The molecule has 1 unspecified atom stereocenters. The number of nitrogens with zero attached hydrogens (tertiary/aromatic N) is 1. The molecule has 0 saturated carbocycles. The van der Waals surface area contributed by atoms with Crippen LogP contribution in [0.3, 0.4) is 0 Å². The maximum Gasteiger partial charge on any atom is 0.00189 e. The van der Waals surface area contributed by atoms with E-state index in [1.807, 2.05) is 6.08 Å². The van der Waals surface area contributed by atoms with Gasteiger partial charge >= 0.3 is 0 Å². The Morgan fingerprint density at radius 3 is 3.08 bits per heavy atom. The van der Waals surface area contributed by atoms with Gasteiger partial charge in [0.1, 0.15) is 0 Å². The van der Waals surface area contributed by atoms with Crippen LogP contribution in [0.1, 0.15) is 19.3 Å². The molecule has 13 heavy (non-hydrogen) atoms. The highest BCUT2D eigenvalue weighted by atomic mass is 15.1. The minimum absolute atomic E-state index is 0.864. The summed E-state index contributed by atoms with van der Waals surface area (Å²) in [4.78, 5) is 2.42. The molecule has 0 amide bonds. The maximum atomic E-state index is 3.74. The van der Waals surface area contributed by atoms with Crippen molar-refractivity contribution in [2.45, 2.75) is 19.3 Å². The average molecular weight is 182 g/mol. The molecule has 0 spiro atoms. The molecule has 1 rings (SSSR count). The number of nitrogens with one attached hydrogen (secondary N) is 1. The summed E-state index contributed by atoms with van der Waals surface area (Å²) in [5.74, 6) is 0.864. The van der Waals surface area contributed by atoms with E-state index in [9.17, 15) is 0 Å². The first-order valence-corrected chi connectivity index (χ1v) is 5.33. The van der Waals surface area contributed by atoms with Crippen LogP contribution in [0.4, 0.5) is 0 Å². The lowest BCUT2D eigenvalue weighted by Crippen LogP contribution is -2.37. The van der Waals surface area contributed by atoms with E-state index in [1.54, 1.807) is 0 Å². The van der Waals surface area contributed by atoms with Gasteiger partial charge in [-0.05, 0) is 45.3 Å². The van der Waals surface area contributed by atoms with Gasteiger partial charge in [0.25, 0.3) is 0 Å². The summed E-state index contributed by atoms with van der Waals surface area (Å²) in [6, 6.07) is 0. The fourth-order valence-electron chi connectivity index (χ4n) is 1.92. The minimum Gasteiger partial charge on any atom is -0.316 e. The molecule has 2 heteroatoms. The fourth-order valence-corrected chi connectivity index (χ4v) is 1.92. The van der Waals surface area contributed by atoms with Crippen molar-refractivity contribution in [2.75, 3.05) is 33.2 Å². The fraction of sp³-hybridized carbons (Fsp3) is 0.818. The van der Waals surface area contributed by atoms with E-state index in [0.717, 1.165) is 18.9 Å². The second-order valence-corrected chi connectivity index (χ2v) is 4.05. The molecule has 1 N–H and O–H groups in total. The molecule has 1 fully saturated rings. The highest BCUT2D eigenvalue weighted by Gasteiger charge is 2.14. The molecule has 76 valence electrons. The van der Waals surface area contributed by atoms with Gasteiger partial charge in [0.05, 0.1) is 0 Å². The Balaban J connectivity index is 2.10. The summed E-state index contributed by atoms with van der Waals surface area (Å²) in [5, 5.41) is 3.45. The zero-order valence-corrected chi connectivity index (χ0v) is 8.76. The van der Waals surface area contributed by atoms with E-state index in [4.69, 9.17) is 0 Å². The first-order chi connectivity index (χ1) is 6.33. The quantitative estimate of drug-likeness (QED) is 0.648. The molecule has 0 bridgehead atoms. The standard InChI is InChI=1S/C11H22N2/c1-3-4-8-13(2)10-11-6-5-7-12-9-11/h3,11-12H,1,4-10H2,2H3. The van der Waals surface area contributed by atoms with Crippen LogP contribution in [-0.2, 0) is 0 Å². The molecule has 0 aliphatic carbocycles. The summed E-state index contributed by atoms with van der Waals surface area (Å²) in [5.41, 5.74) is 0. The van der Waals surface area contributed by atoms with Crippen molar-refractivity contribution in [2.24, 2.45) is 5.92 Å². The SMILES string of the molecule is C=CCCN(C)CC1CCCNC1. The second kappa shape index (κ2) is 6.17. The van der Waals surface area contributed by atoms with Crippen LogP contribution in [0.5, 0.6) is 0 Å². The van der Waals surface area contributed by atoms with Crippen LogP contribution in [0, 0.1) is 5.92 Å². The molecule has 2 nitrogen and oxygen atoms in total. The van der Waals surface area contributed by atoms with Gasteiger partial charge < -0.3 is 10.2 Å². The van der Waals surface area contributed by atoms with Crippen LogP contribution in [-0.4, -0.2) is 38.1 Å². The van der Waals surface area contributed by atoms with Crippen molar-refractivity contribution in [3.63, 3.8) is 0 Å². The van der Waals surface area contributed by atoms with Gasteiger partial charge in [0, 0.05) is 13.1 Å². The Hall–Kier alpha value is -0.340. The van der Waals surface area contributed by atoms with E-state index >= 15 is 0 Å². The lowest BCUT2D eigenvalue weighted by Gasteiger charge is -2.27. The van der Waals surface area contributed by atoms with Crippen molar-refractivity contribution in [1.29, 1.82) is 0 Å². The third-order valence-corrected chi connectivity index (χ3v) is 2.68. The van der Waals surface area contributed by atoms with Crippen molar-refractivity contribution >= 4 is 0 Å². The van der Waals surface area contributed by atoms with E-state index in [0.29, 0.717) is 0 Å². The molecule has 0 aromatic carbocycles. The van der Waals surface area contributed by atoms with E-state index in [1.165, 1.54) is 32.5 Å². The largest absolute Gasteiger partial charge is 0.316 e. The van der Waals surface area contributed by atoms with Crippen molar-refractivity contribution in [1.82, 2.24) is 10.2 Å². The van der Waals surface area contributed by atoms with Crippen LogP contribution in [0.2, 0.25) is 0 Å². The summed E-state index contributed by atoms with van der Waals surface area (Å²) < 4.78 is 0. The molecule has 1 saturated heterocycles. The summed E-state index contributed by atoms with van der Waals surface area (Å²) in [6.07, 6.45) is 5.84. The molecule has 1 atom stereocenters. The van der Waals surface area contributed by atoms with E-state index < -0.39 is 0 Å². The number of hydrogen-bond donors (Lipinski definition) is 1. The third-order valence-electron chi connectivity index (χ3n) is 2.68. The first kappa shape index (κ1) is 10.7. The molecule has 1 heterocycles. The Kier molecular flexibility index (Phi) is 5.09. The first-order valence-electron chi connectivity index (χ1n) is 5.33. The lowest BCUT2D eigenvalue weighted by molar-refractivity contribution is 0.246. The van der Waals surface area contributed by atoms with Gasteiger partial charge in [0.2, 0.25) is 0 Å². The van der Waals surface area contributed by atoms with E-state index in [-0.39, 0.29) is 0 Å². The Morgan fingerprint density at radius 2 is 2.46 bits per heavy atom. The highest BCUT2D eigenvalue weighted by Crippen LogP contribution is 2.10. The molecular weight excluding hydrogens is 160 g/mol. The third kappa shape index (κ3) is 4.44. The monoisotopic (exact) mass is 182 g/mol. The molecular formula is C11H22N2. The zero-order valence-electron chi connectivity index (χ0n) is 8.76. The predicted octanol–water partition coefficient (Wildman–Crippen LogP) is 1.49. The lowest BCUT2D eigenvalue weighted by atomic mass is 9.99. The molecule has 1 aliphatic heterocycles. The van der Waals surface area contributed by atoms with Crippen LogP contribution in [0.25, 0.3) is 0 Å². The van der Waals surface area contributed by atoms with Crippen molar-refractivity contribution < 1.29 is 0 Å². The van der Waals surface area contributed by atoms with Crippen LogP contribution >= 0.6 is 0 Å². The maximum absolute atomic E-state index is 3.74. The topological polar surface area (TPSA) is 15.3 Å². The van der Waals surface area contributed by atoms with Crippen LogP contribution in [0.15, 0.2) is 12.7 Å². The van der Waals surface area contributed by atoms with E-state index in [2.05, 4.69) is 23.8 Å². The number of piperidine rings is 1. The summed E-state index contributed by atoms with van der Waals surface area (Å²) >= 11 is 0. The van der Waals surface area contributed by atoms with Crippen molar-refractivity contribution in [3.8, 4) is 0 Å². The van der Waals surface area contributed by atoms with Gasteiger partial charge in [0.15, 0.2) is 0 Å². The molecule has 1 aliphatic rings. The minimum atomic E-state index is 0.864. The summed E-state index contributed by atoms with van der Waals surface area (Å²) in [7, 11) is 2.21. The Morgan fingerprint density at radius 1 is 1.62 bits per heavy atom. The highest BCUT2D eigenvalue weighted by molar-refractivity contribution is 4.73. The molecule has 0 aromatic heterocycles. The summed E-state index contributed by atoms with van der Waals surface area (Å²) in [6.45, 7) is 8.55. The average Bonchev–Trinajstić information content (AvgIpc) is 2.16. The van der Waals surface area contributed by atoms with Crippen molar-refractivity contribution in [3.05, 3.63) is 12.7 Å². The Bertz CT molecular complexity index is 139.